The number of aromatic nitrogens is 2. The first-order valence-electron chi connectivity index (χ1n) is 5.32. The van der Waals surface area contributed by atoms with E-state index in [0.717, 1.165) is 0 Å². The fourth-order valence-electron chi connectivity index (χ4n) is 1.24. The number of nitrogens with zero attached hydrogens (tertiary/aromatic N) is 2. The lowest BCUT2D eigenvalue weighted by Gasteiger charge is -2.09. The number of sulfone groups is 1. The standard InChI is InChI=1S/C10H19N3O2S/c1-8(2)13-5-4-10(12-13)7-16(14,15)9(3)6-11/h4-5,8-9H,6-7,11H2,1-3H3. The van der Waals surface area contributed by atoms with Gasteiger partial charge in [0.2, 0.25) is 0 Å². The van der Waals surface area contributed by atoms with Crippen molar-refractivity contribution in [2.24, 2.45) is 5.73 Å². The van der Waals surface area contributed by atoms with E-state index < -0.39 is 15.1 Å². The number of nitrogens with two attached hydrogens (primary N) is 1. The summed E-state index contributed by atoms with van der Waals surface area (Å²) < 4.78 is 25.3. The van der Waals surface area contributed by atoms with Crippen molar-refractivity contribution < 1.29 is 8.42 Å². The Kier molecular flexibility index (Phi) is 4.09. The monoisotopic (exact) mass is 245 g/mol. The summed E-state index contributed by atoms with van der Waals surface area (Å²) >= 11 is 0. The number of hydrogen-bond donors (Lipinski definition) is 1. The quantitative estimate of drug-likeness (QED) is 0.829. The Morgan fingerprint density at radius 1 is 1.44 bits per heavy atom. The van der Waals surface area contributed by atoms with Gasteiger partial charge in [-0.15, -0.1) is 0 Å². The third kappa shape index (κ3) is 3.05. The molecule has 0 aromatic carbocycles. The van der Waals surface area contributed by atoms with Crippen molar-refractivity contribution in [2.45, 2.75) is 37.8 Å². The summed E-state index contributed by atoms with van der Waals surface area (Å²) in [5.41, 5.74) is 5.94. The smallest absolute Gasteiger partial charge is 0.159 e. The lowest BCUT2D eigenvalue weighted by atomic mass is 10.4. The molecule has 92 valence electrons. The molecule has 0 bridgehead atoms. The van der Waals surface area contributed by atoms with Crippen LogP contribution in [0.4, 0.5) is 0 Å². The summed E-state index contributed by atoms with van der Waals surface area (Å²) in [5, 5.41) is 3.69. The minimum absolute atomic E-state index is 0.0366. The van der Waals surface area contributed by atoms with Gasteiger partial charge in [0.1, 0.15) is 0 Å². The van der Waals surface area contributed by atoms with Crippen LogP contribution >= 0.6 is 0 Å². The van der Waals surface area contributed by atoms with Gasteiger partial charge in [-0.3, -0.25) is 4.68 Å². The zero-order valence-corrected chi connectivity index (χ0v) is 10.7. The highest BCUT2D eigenvalue weighted by Crippen LogP contribution is 2.10. The molecule has 0 aliphatic rings. The molecule has 0 aliphatic carbocycles. The third-order valence-electron chi connectivity index (χ3n) is 2.49. The van der Waals surface area contributed by atoms with Crippen LogP contribution in [0.2, 0.25) is 0 Å². The fourth-order valence-corrected chi connectivity index (χ4v) is 2.38. The molecule has 16 heavy (non-hydrogen) atoms. The topological polar surface area (TPSA) is 78.0 Å². The van der Waals surface area contributed by atoms with Crippen LogP contribution in [0.1, 0.15) is 32.5 Å². The van der Waals surface area contributed by atoms with Gasteiger partial charge in [-0.2, -0.15) is 5.10 Å². The van der Waals surface area contributed by atoms with E-state index in [1.54, 1.807) is 23.9 Å². The van der Waals surface area contributed by atoms with E-state index in [4.69, 9.17) is 5.73 Å². The first kappa shape index (κ1) is 13.2. The summed E-state index contributed by atoms with van der Waals surface area (Å²) in [6.07, 6.45) is 1.79. The minimum Gasteiger partial charge on any atom is -0.329 e. The summed E-state index contributed by atoms with van der Waals surface area (Å²) in [6, 6.07) is 1.98. The van der Waals surface area contributed by atoms with E-state index in [0.29, 0.717) is 5.69 Å². The van der Waals surface area contributed by atoms with Gasteiger partial charge in [-0.1, -0.05) is 0 Å². The normalized spacial score (nSPS) is 14.3. The average Bonchev–Trinajstić information content (AvgIpc) is 2.64. The van der Waals surface area contributed by atoms with E-state index in [-0.39, 0.29) is 18.3 Å². The highest BCUT2D eigenvalue weighted by atomic mass is 32.2. The second-order valence-corrected chi connectivity index (χ2v) is 6.65. The van der Waals surface area contributed by atoms with Crippen LogP contribution < -0.4 is 5.73 Å². The van der Waals surface area contributed by atoms with Gasteiger partial charge in [0.25, 0.3) is 0 Å². The predicted molar refractivity (Wildman–Crippen MR) is 63.8 cm³/mol. The highest BCUT2D eigenvalue weighted by molar-refractivity contribution is 7.91. The van der Waals surface area contributed by atoms with Crippen LogP contribution in [0.25, 0.3) is 0 Å². The first-order valence-corrected chi connectivity index (χ1v) is 7.04. The second-order valence-electron chi connectivity index (χ2n) is 4.23. The van der Waals surface area contributed by atoms with E-state index in [1.165, 1.54) is 0 Å². The molecule has 1 unspecified atom stereocenters. The van der Waals surface area contributed by atoms with Crippen molar-refractivity contribution in [3.63, 3.8) is 0 Å². The molecular weight excluding hydrogens is 226 g/mol. The summed E-state index contributed by atoms with van der Waals surface area (Å²) in [7, 11) is -3.18. The Morgan fingerprint density at radius 2 is 2.06 bits per heavy atom. The van der Waals surface area contributed by atoms with E-state index >= 15 is 0 Å². The first-order chi connectivity index (χ1) is 7.36. The molecule has 0 spiro atoms. The van der Waals surface area contributed by atoms with Crippen LogP contribution in [-0.2, 0) is 15.6 Å². The Labute approximate surface area is 96.6 Å². The van der Waals surface area contributed by atoms with Gasteiger partial charge in [-0.05, 0) is 26.8 Å². The van der Waals surface area contributed by atoms with Crippen molar-refractivity contribution in [1.29, 1.82) is 0 Å². The summed E-state index contributed by atoms with van der Waals surface area (Å²) in [5.74, 6) is -0.0366. The number of hydrogen-bond acceptors (Lipinski definition) is 4. The Hall–Kier alpha value is -0.880. The van der Waals surface area contributed by atoms with Gasteiger partial charge in [0.05, 0.1) is 16.7 Å². The van der Waals surface area contributed by atoms with Crippen LogP contribution in [0.3, 0.4) is 0 Å². The highest BCUT2D eigenvalue weighted by Gasteiger charge is 2.21. The van der Waals surface area contributed by atoms with Crippen molar-refractivity contribution in [1.82, 2.24) is 9.78 Å². The van der Waals surface area contributed by atoms with Gasteiger partial charge in [0, 0.05) is 18.8 Å². The third-order valence-corrected chi connectivity index (χ3v) is 4.60. The van der Waals surface area contributed by atoms with Crippen molar-refractivity contribution >= 4 is 9.84 Å². The van der Waals surface area contributed by atoms with Crippen LogP contribution in [-0.4, -0.2) is 30.0 Å². The summed E-state index contributed by atoms with van der Waals surface area (Å²) in [4.78, 5) is 0. The Morgan fingerprint density at radius 3 is 2.50 bits per heavy atom. The molecule has 1 heterocycles. The molecule has 1 atom stereocenters. The molecule has 0 aliphatic heterocycles. The lowest BCUT2D eigenvalue weighted by molar-refractivity contribution is 0.527. The van der Waals surface area contributed by atoms with Crippen LogP contribution in [0, 0.1) is 0 Å². The zero-order valence-electron chi connectivity index (χ0n) is 9.92. The maximum atomic E-state index is 11.8. The van der Waals surface area contributed by atoms with Crippen molar-refractivity contribution in [3.05, 3.63) is 18.0 Å². The zero-order chi connectivity index (χ0) is 12.3. The molecule has 0 fully saturated rings. The van der Waals surface area contributed by atoms with Gasteiger partial charge < -0.3 is 5.73 Å². The van der Waals surface area contributed by atoms with Gasteiger partial charge >= 0.3 is 0 Å². The van der Waals surface area contributed by atoms with E-state index in [9.17, 15) is 8.42 Å². The van der Waals surface area contributed by atoms with Crippen molar-refractivity contribution in [3.8, 4) is 0 Å². The van der Waals surface area contributed by atoms with Gasteiger partial charge in [-0.25, -0.2) is 8.42 Å². The minimum atomic E-state index is -3.18. The number of rotatable bonds is 5. The summed E-state index contributed by atoms with van der Waals surface area (Å²) in [6.45, 7) is 5.75. The molecule has 0 radical (unpaired) electrons. The molecule has 0 saturated carbocycles. The average molecular weight is 245 g/mol. The molecule has 1 aromatic heterocycles. The van der Waals surface area contributed by atoms with Crippen molar-refractivity contribution in [2.75, 3.05) is 6.54 Å². The van der Waals surface area contributed by atoms with Crippen LogP contribution in [0.15, 0.2) is 12.3 Å². The molecule has 0 amide bonds. The molecule has 2 N–H and O–H groups in total. The lowest BCUT2D eigenvalue weighted by Crippen LogP contribution is -2.27. The molecule has 6 heteroatoms. The van der Waals surface area contributed by atoms with Gasteiger partial charge in [0.15, 0.2) is 9.84 Å². The fraction of sp³-hybridized carbons (Fsp3) is 0.700. The predicted octanol–water partition coefficient (Wildman–Crippen LogP) is 0.726. The van der Waals surface area contributed by atoms with E-state index in [1.807, 2.05) is 13.8 Å². The SMILES string of the molecule is CC(C)n1ccc(CS(=O)(=O)C(C)CN)n1. The molecule has 5 nitrogen and oxygen atoms in total. The van der Waals surface area contributed by atoms with Crippen LogP contribution in [0.5, 0.6) is 0 Å². The largest absolute Gasteiger partial charge is 0.329 e. The maximum Gasteiger partial charge on any atom is 0.159 e. The Balaban J connectivity index is 2.81. The van der Waals surface area contributed by atoms with E-state index in [2.05, 4.69) is 5.10 Å². The molecular formula is C10H19N3O2S. The molecule has 1 aromatic rings. The maximum absolute atomic E-state index is 11.8. The molecule has 0 saturated heterocycles. The molecule has 1 rings (SSSR count). The Bertz CT molecular complexity index is 437. The second kappa shape index (κ2) is 4.97.